The van der Waals surface area contributed by atoms with Gasteiger partial charge in [0.1, 0.15) is 11.3 Å². The van der Waals surface area contributed by atoms with Gasteiger partial charge < -0.3 is 15.0 Å². The number of hydrogen-bond donors (Lipinski definition) is 2. The lowest BCUT2D eigenvalue weighted by Gasteiger charge is -2.20. The fourth-order valence-electron chi connectivity index (χ4n) is 3.15. The molecular formula is C23H27N3O5S. The number of fused-ring (bicyclic) bond motifs is 1. The maximum absolute atomic E-state index is 13.2. The van der Waals surface area contributed by atoms with Crippen LogP contribution in [0.1, 0.15) is 37.6 Å². The molecule has 3 rings (SSSR count). The van der Waals surface area contributed by atoms with Crippen molar-refractivity contribution >= 4 is 32.5 Å². The molecule has 170 valence electrons. The second-order valence-electron chi connectivity index (χ2n) is 7.42. The minimum absolute atomic E-state index is 0.0497. The number of carbonyl (C=O) groups excluding carboxylic acids is 1. The third kappa shape index (κ3) is 4.62. The van der Waals surface area contributed by atoms with Crippen LogP contribution < -0.4 is 19.8 Å². The van der Waals surface area contributed by atoms with Gasteiger partial charge >= 0.3 is 0 Å². The standard InChI is InChI=1S/C23H27N3O5S/c1-5-15(3)25-23(28)20-14-24-21-12-11-18(13-19(21)22(20)27)32(29,30)26(4)16-7-9-17(10-8-16)31-6-2/h7-15H,5-6H2,1-4H3,(H,24,27)(H,25,28)/t15-/m1/s1. The first-order valence-electron chi connectivity index (χ1n) is 10.4. The van der Waals surface area contributed by atoms with E-state index in [-0.39, 0.29) is 21.9 Å². The van der Waals surface area contributed by atoms with Crippen LogP contribution in [0.3, 0.4) is 0 Å². The number of benzene rings is 2. The zero-order valence-corrected chi connectivity index (χ0v) is 19.3. The second kappa shape index (κ2) is 9.44. The zero-order valence-electron chi connectivity index (χ0n) is 18.5. The van der Waals surface area contributed by atoms with Crippen LogP contribution in [-0.4, -0.2) is 39.0 Å². The Hall–Kier alpha value is -3.33. The van der Waals surface area contributed by atoms with Crippen molar-refractivity contribution in [2.45, 2.75) is 38.1 Å². The molecule has 2 aromatic carbocycles. The lowest BCUT2D eigenvalue weighted by molar-refractivity contribution is 0.0938. The number of rotatable bonds is 8. The van der Waals surface area contributed by atoms with Gasteiger partial charge in [-0.2, -0.15) is 0 Å². The number of H-pyrrole nitrogens is 1. The first-order valence-corrected chi connectivity index (χ1v) is 11.8. The fourth-order valence-corrected chi connectivity index (χ4v) is 4.37. The monoisotopic (exact) mass is 457 g/mol. The minimum Gasteiger partial charge on any atom is -0.494 e. The van der Waals surface area contributed by atoms with E-state index in [1.165, 1.54) is 31.4 Å². The van der Waals surface area contributed by atoms with Crippen LogP contribution in [0.4, 0.5) is 5.69 Å². The highest BCUT2D eigenvalue weighted by Gasteiger charge is 2.23. The Balaban J connectivity index is 1.99. The Bertz CT molecular complexity index is 1280. The number of nitrogens with one attached hydrogen (secondary N) is 2. The Labute approximate surface area is 187 Å². The summed E-state index contributed by atoms with van der Waals surface area (Å²) in [7, 11) is -2.50. The summed E-state index contributed by atoms with van der Waals surface area (Å²) in [5.74, 6) is 0.143. The smallest absolute Gasteiger partial charge is 0.264 e. The normalized spacial score (nSPS) is 12.4. The molecule has 1 aromatic heterocycles. The van der Waals surface area contributed by atoms with Crippen molar-refractivity contribution in [3.05, 3.63) is 64.4 Å². The van der Waals surface area contributed by atoms with Crippen LogP contribution >= 0.6 is 0 Å². The Morgan fingerprint density at radius 1 is 1.16 bits per heavy atom. The number of nitrogens with zero attached hydrogens (tertiary/aromatic N) is 1. The van der Waals surface area contributed by atoms with Crippen molar-refractivity contribution in [3.63, 3.8) is 0 Å². The quantitative estimate of drug-likeness (QED) is 0.540. The van der Waals surface area contributed by atoms with Gasteiger partial charge in [0.05, 0.1) is 17.2 Å². The van der Waals surface area contributed by atoms with Crippen LogP contribution in [0.15, 0.2) is 58.4 Å². The molecule has 9 heteroatoms. The molecule has 0 spiro atoms. The largest absolute Gasteiger partial charge is 0.494 e. The topological polar surface area (TPSA) is 109 Å². The Morgan fingerprint density at radius 3 is 2.47 bits per heavy atom. The summed E-state index contributed by atoms with van der Waals surface area (Å²) in [4.78, 5) is 28.3. The van der Waals surface area contributed by atoms with Crippen molar-refractivity contribution in [2.75, 3.05) is 18.0 Å². The highest BCUT2D eigenvalue weighted by molar-refractivity contribution is 7.92. The number of aromatic amines is 1. The molecule has 0 aliphatic carbocycles. The molecule has 3 aromatic rings. The SMILES string of the molecule is CCOc1ccc(N(C)S(=O)(=O)c2ccc3[nH]cc(C(=O)N[C@H](C)CC)c(=O)c3c2)cc1. The average Bonchev–Trinajstić information content (AvgIpc) is 2.79. The number of sulfonamides is 1. The molecule has 0 bridgehead atoms. The van der Waals surface area contributed by atoms with E-state index in [2.05, 4.69) is 10.3 Å². The average molecular weight is 458 g/mol. The molecule has 0 aliphatic heterocycles. The second-order valence-corrected chi connectivity index (χ2v) is 9.39. The lowest BCUT2D eigenvalue weighted by atomic mass is 10.1. The zero-order chi connectivity index (χ0) is 23.5. The van der Waals surface area contributed by atoms with Gasteiger partial charge in [0.2, 0.25) is 5.43 Å². The summed E-state index contributed by atoms with van der Waals surface area (Å²) in [5.41, 5.74) is 0.300. The van der Waals surface area contributed by atoms with E-state index in [0.717, 1.165) is 10.7 Å². The van der Waals surface area contributed by atoms with E-state index < -0.39 is 21.4 Å². The Morgan fingerprint density at radius 2 is 1.84 bits per heavy atom. The van der Waals surface area contributed by atoms with Gasteiger partial charge in [-0.25, -0.2) is 8.42 Å². The summed E-state index contributed by atoms with van der Waals surface area (Å²) >= 11 is 0. The number of hydrogen-bond acceptors (Lipinski definition) is 5. The van der Waals surface area contributed by atoms with E-state index in [1.54, 1.807) is 24.3 Å². The summed E-state index contributed by atoms with van der Waals surface area (Å²) in [6, 6.07) is 10.8. The van der Waals surface area contributed by atoms with E-state index in [1.807, 2.05) is 20.8 Å². The number of aromatic nitrogens is 1. The van der Waals surface area contributed by atoms with Gasteiger partial charge in [-0.05, 0) is 62.7 Å². The van der Waals surface area contributed by atoms with E-state index >= 15 is 0 Å². The van der Waals surface area contributed by atoms with Gasteiger partial charge in [0, 0.05) is 30.2 Å². The molecule has 0 saturated carbocycles. The van der Waals surface area contributed by atoms with Crippen molar-refractivity contribution < 1.29 is 17.9 Å². The highest BCUT2D eigenvalue weighted by atomic mass is 32.2. The molecule has 1 heterocycles. The van der Waals surface area contributed by atoms with E-state index in [4.69, 9.17) is 4.74 Å². The molecule has 8 nitrogen and oxygen atoms in total. The van der Waals surface area contributed by atoms with Gasteiger partial charge in [-0.15, -0.1) is 0 Å². The molecule has 32 heavy (non-hydrogen) atoms. The molecule has 0 radical (unpaired) electrons. The van der Waals surface area contributed by atoms with Gasteiger partial charge in [0.25, 0.3) is 15.9 Å². The molecule has 1 amide bonds. The first-order chi connectivity index (χ1) is 15.2. The molecule has 2 N–H and O–H groups in total. The molecular weight excluding hydrogens is 430 g/mol. The molecule has 0 fully saturated rings. The summed E-state index contributed by atoms with van der Waals surface area (Å²) in [6.45, 7) is 6.14. The summed E-state index contributed by atoms with van der Waals surface area (Å²) in [6.07, 6.45) is 2.07. The predicted octanol–water partition coefficient (Wildman–Crippen LogP) is 3.28. The molecule has 1 atom stereocenters. The number of anilines is 1. The third-order valence-electron chi connectivity index (χ3n) is 5.26. The lowest BCUT2D eigenvalue weighted by Crippen LogP contribution is -2.35. The van der Waals surface area contributed by atoms with Crippen molar-refractivity contribution in [1.29, 1.82) is 0 Å². The number of ether oxygens (including phenoxy) is 1. The van der Waals surface area contributed by atoms with Gasteiger partial charge in [0.15, 0.2) is 0 Å². The van der Waals surface area contributed by atoms with Crippen molar-refractivity contribution in [1.82, 2.24) is 10.3 Å². The first kappa shape index (κ1) is 23.3. The number of amides is 1. The maximum Gasteiger partial charge on any atom is 0.264 e. The summed E-state index contributed by atoms with van der Waals surface area (Å²) < 4.78 is 32.9. The van der Waals surface area contributed by atoms with Crippen molar-refractivity contribution in [2.24, 2.45) is 0 Å². The van der Waals surface area contributed by atoms with E-state index in [9.17, 15) is 18.0 Å². The van der Waals surface area contributed by atoms with Crippen molar-refractivity contribution in [3.8, 4) is 5.75 Å². The summed E-state index contributed by atoms with van der Waals surface area (Å²) in [5, 5.41) is 2.88. The molecule has 0 aliphatic rings. The van der Waals surface area contributed by atoms with Crippen LogP contribution in [0.5, 0.6) is 5.75 Å². The Kier molecular flexibility index (Phi) is 6.88. The van der Waals surface area contributed by atoms with Crippen LogP contribution in [0, 0.1) is 0 Å². The molecule has 0 unspecified atom stereocenters. The number of pyridine rings is 1. The predicted molar refractivity (Wildman–Crippen MR) is 125 cm³/mol. The fraction of sp³-hybridized carbons (Fsp3) is 0.304. The molecule has 0 saturated heterocycles. The van der Waals surface area contributed by atoms with Gasteiger partial charge in [-0.1, -0.05) is 6.92 Å². The number of carbonyl (C=O) groups is 1. The van der Waals surface area contributed by atoms with Crippen LogP contribution in [0.25, 0.3) is 10.9 Å². The highest BCUT2D eigenvalue weighted by Crippen LogP contribution is 2.25. The maximum atomic E-state index is 13.2. The van der Waals surface area contributed by atoms with E-state index in [0.29, 0.717) is 23.6 Å². The van der Waals surface area contributed by atoms with Crippen LogP contribution in [0.2, 0.25) is 0 Å². The minimum atomic E-state index is -3.94. The third-order valence-corrected chi connectivity index (χ3v) is 7.04. The van der Waals surface area contributed by atoms with Crippen LogP contribution in [-0.2, 0) is 10.0 Å². The van der Waals surface area contributed by atoms with Gasteiger partial charge in [-0.3, -0.25) is 13.9 Å².